The molecule has 1 aliphatic heterocycles. The number of Topliss-reactive ketones (excluding diaryl/α,β-unsaturated/α-hetero) is 1. The number of halogens is 1. The maximum absolute atomic E-state index is 13.4. The summed E-state index contributed by atoms with van der Waals surface area (Å²) in [6, 6.07) is 17.4. The molecule has 0 radical (unpaired) electrons. The lowest BCUT2D eigenvalue weighted by molar-refractivity contribution is -0.132. The SMILES string of the molecule is CCOc1cc(/C(O)=C2/C(=O)C(=O)N(c3ccc(C(=O)OC(C)C)cc3)C2c2cccc(C)c2)ccc1Cl. The van der Waals surface area contributed by atoms with Crippen molar-refractivity contribution >= 4 is 40.7 Å². The Labute approximate surface area is 226 Å². The number of nitrogens with zero attached hydrogens (tertiary/aromatic N) is 1. The van der Waals surface area contributed by atoms with Gasteiger partial charge in [0.1, 0.15) is 11.5 Å². The number of hydrogen-bond donors (Lipinski definition) is 1. The summed E-state index contributed by atoms with van der Waals surface area (Å²) in [6.07, 6.45) is -0.280. The molecule has 1 heterocycles. The molecule has 1 unspecified atom stereocenters. The fraction of sp³-hybridized carbons (Fsp3) is 0.233. The second-order valence-corrected chi connectivity index (χ2v) is 9.57. The predicted molar refractivity (Wildman–Crippen MR) is 146 cm³/mol. The number of aliphatic hydroxyl groups is 1. The van der Waals surface area contributed by atoms with Crippen molar-refractivity contribution in [3.63, 3.8) is 0 Å². The van der Waals surface area contributed by atoms with Gasteiger partial charge in [0.15, 0.2) is 0 Å². The Bertz CT molecular complexity index is 1430. The van der Waals surface area contributed by atoms with E-state index in [0.717, 1.165) is 5.56 Å². The highest BCUT2D eigenvalue weighted by Gasteiger charge is 2.47. The molecule has 1 saturated heterocycles. The third-order valence-electron chi connectivity index (χ3n) is 6.03. The first-order valence-electron chi connectivity index (χ1n) is 12.2. The molecule has 196 valence electrons. The zero-order chi connectivity index (χ0) is 27.6. The number of hydrogen-bond acceptors (Lipinski definition) is 6. The van der Waals surface area contributed by atoms with Crippen molar-refractivity contribution in [1.82, 2.24) is 0 Å². The van der Waals surface area contributed by atoms with Crippen molar-refractivity contribution in [1.29, 1.82) is 0 Å². The van der Waals surface area contributed by atoms with Gasteiger partial charge in [-0.05, 0) is 75.7 Å². The van der Waals surface area contributed by atoms with E-state index < -0.39 is 23.7 Å². The van der Waals surface area contributed by atoms with E-state index in [9.17, 15) is 19.5 Å². The minimum atomic E-state index is -0.908. The maximum Gasteiger partial charge on any atom is 0.338 e. The first-order chi connectivity index (χ1) is 18.1. The Hall–Kier alpha value is -4.10. The van der Waals surface area contributed by atoms with E-state index in [2.05, 4.69) is 0 Å². The molecule has 8 heteroatoms. The number of benzene rings is 3. The van der Waals surface area contributed by atoms with Gasteiger partial charge in [-0.25, -0.2) is 4.79 Å². The number of rotatable bonds is 7. The summed E-state index contributed by atoms with van der Waals surface area (Å²) >= 11 is 6.21. The first kappa shape index (κ1) is 26.9. The lowest BCUT2D eigenvalue weighted by Gasteiger charge is -2.26. The largest absolute Gasteiger partial charge is 0.507 e. The van der Waals surface area contributed by atoms with Gasteiger partial charge < -0.3 is 14.6 Å². The number of ketones is 1. The summed E-state index contributed by atoms with van der Waals surface area (Å²) in [5, 5.41) is 11.7. The summed E-state index contributed by atoms with van der Waals surface area (Å²) in [5.41, 5.74) is 2.51. The molecule has 1 aliphatic rings. The zero-order valence-electron chi connectivity index (χ0n) is 21.5. The van der Waals surface area contributed by atoms with Crippen LogP contribution >= 0.6 is 11.6 Å². The van der Waals surface area contributed by atoms with E-state index in [4.69, 9.17) is 21.1 Å². The predicted octanol–water partition coefficient (Wildman–Crippen LogP) is 6.24. The van der Waals surface area contributed by atoms with E-state index in [0.29, 0.717) is 39.8 Å². The van der Waals surface area contributed by atoms with Gasteiger partial charge in [-0.3, -0.25) is 14.5 Å². The minimum Gasteiger partial charge on any atom is -0.507 e. The van der Waals surface area contributed by atoms with Gasteiger partial charge in [0.2, 0.25) is 0 Å². The minimum absolute atomic E-state index is 0.0614. The number of aryl methyl sites for hydroxylation is 1. The topological polar surface area (TPSA) is 93.1 Å². The summed E-state index contributed by atoms with van der Waals surface area (Å²) in [6.45, 7) is 7.58. The monoisotopic (exact) mass is 533 g/mol. The van der Waals surface area contributed by atoms with E-state index in [-0.39, 0.29) is 17.4 Å². The Kier molecular flexibility index (Phi) is 7.88. The molecule has 1 N–H and O–H groups in total. The number of ether oxygens (including phenoxy) is 2. The van der Waals surface area contributed by atoms with Gasteiger partial charge in [-0.15, -0.1) is 0 Å². The summed E-state index contributed by atoms with van der Waals surface area (Å²) in [4.78, 5) is 40.4. The van der Waals surface area contributed by atoms with Gasteiger partial charge in [0.05, 0.1) is 34.9 Å². The molecule has 0 aliphatic carbocycles. The van der Waals surface area contributed by atoms with E-state index in [1.165, 1.54) is 11.0 Å². The van der Waals surface area contributed by atoms with E-state index >= 15 is 0 Å². The highest BCUT2D eigenvalue weighted by Crippen LogP contribution is 2.43. The molecule has 3 aromatic rings. The maximum atomic E-state index is 13.4. The summed E-state index contributed by atoms with van der Waals surface area (Å²) < 4.78 is 10.8. The molecule has 0 bridgehead atoms. The molecule has 3 aromatic carbocycles. The van der Waals surface area contributed by atoms with Crippen molar-refractivity contribution in [2.75, 3.05) is 11.5 Å². The molecule has 0 aromatic heterocycles. The molecule has 1 amide bonds. The Morgan fingerprint density at radius 3 is 2.34 bits per heavy atom. The molecule has 1 fully saturated rings. The molecular weight excluding hydrogens is 506 g/mol. The van der Waals surface area contributed by atoms with Crippen LogP contribution in [0.3, 0.4) is 0 Å². The number of carbonyl (C=O) groups is 3. The molecule has 0 spiro atoms. The third-order valence-corrected chi connectivity index (χ3v) is 6.34. The standard InChI is InChI=1S/C30H28ClNO6/c1-5-37-24-16-21(11-14-23(24)31)27(33)25-26(20-8-6-7-18(4)15-20)32(29(35)28(25)34)22-12-9-19(10-13-22)30(36)38-17(2)3/h6-17,26,33H,5H2,1-4H3/b27-25-. The van der Waals surface area contributed by atoms with Crippen molar-refractivity contribution in [3.8, 4) is 5.75 Å². The average Bonchev–Trinajstić information content (AvgIpc) is 3.15. The second kappa shape index (κ2) is 11.1. The number of carbonyl (C=O) groups excluding carboxylic acids is 3. The van der Waals surface area contributed by atoms with E-state index in [1.807, 2.05) is 25.1 Å². The molecule has 0 saturated carbocycles. The highest BCUT2D eigenvalue weighted by atomic mass is 35.5. The van der Waals surface area contributed by atoms with Crippen LogP contribution < -0.4 is 9.64 Å². The Balaban J connectivity index is 1.85. The van der Waals surface area contributed by atoms with Crippen LogP contribution in [0.15, 0.2) is 72.3 Å². The van der Waals surface area contributed by atoms with Crippen molar-refractivity contribution in [2.45, 2.75) is 39.8 Å². The van der Waals surface area contributed by atoms with Crippen LogP contribution in [-0.2, 0) is 14.3 Å². The molecular formula is C30H28ClNO6. The molecule has 4 rings (SSSR count). The van der Waals surface area contributed by atoms with Crippen molar-refractivity contribution in [3.05, 3.63) is 99.6 Å². The van der Waals surface area contributed by atoms with Gasteiger partial charge >= 0.3 is 5.97 Å². The third kappa shape index (κ3) is 5.29. The summed E-state index contributed by atoms with van der Waals surface area (Å²) in [7, 11) is 0. The normalized spacial score (nSPS) is 16.7. The molecule has 7 nitrogen and oxygen atoms in total. The number of esters is 1. The Morgan fingerprint density at radius 1 is 1.03 bits per heavy atom. The first-order valence-corrected chi connectivity index (χ1v) is 12.6. The van der Waals surface area contributed by atoms with Crippen molar-refractivity contribution < 1.29 is 29.0 Å². The van der Waals surface area contributed by atoms with E-state index in [1.54, 1.807) is 63.2 Å². The smallest absolute Gasteiger partial charge is 0.338 e. The molecule has 1 atom stereocenters. The average molecular weight is 534 g/mol. The van der Waals surface area contributed by atoms with Crippen LogP contribution in [0.2, 0.25) is 5.02 Å². The van der Waals surface area contributed by atoms with Crippen LogP contribution in [0.1, 0.15) is 53.9 Å². The van der Waals surface area contributed by atoms with Crippen LogP contribution in [0, 0.1) is 6.92 Å². The fourth-order valence-electron chi connectivity index (χ4n) is 4.37. The van der Waals surface area contributed by atoms with Gasteiger partial charge in [-0.2, -0.15) is 0 Å². The van der Waals surface area contributed by atoms with Crippen LogP contribution in [0.25, 0.3) is 5.76 Å². The lowest BCUT2D eigenvalue weighted by atomic mass is 9.94. The lowest BCUT2D eigenvalue weighted by Crippen LogP contribution is -2.29. The highest BCUT2D eigenvalue weighted by molar-refractivity contribution is 6.51. The quantitative estimate of drug-likeness (QED) is 0.167. The van der Waals surface area contributed by atoms with Gasteiger partial charge in [0.25, 0.3) is 11.7 Å². The molecule has 38 heavy (non-hydrogen) atoms. The number of aliphatic hydroxyl groups excluding tert-OH is 1. The Morgan fingerprint density at radius 2 is 1.71 bits per heavy atom. The van der Waals surface area contributed by atoms with Gasteiger partial charge in [-0.1, -0.05) is 41.4 Å². The van der Waals surface area contributed by atoms with Crippen LogP contribution in [0.4, 0.5) is 5.69 Å². The zero-order valence-corrected chi connectivity index (χ0v) is 22.3. The second-order valence-electron chi connectivity index (χ2n) is 9.16. The van der Waals surface area contributed by atoms with Crippen LogP contribution in [-0.4, -0.2) is 35.5 Å². The number of anilines is 1. The van der Waals surface area contributed by atoms with Crippen LogP contribution in [0.5, 0.6) is 5.75 Å². The summed E-state index contributed by atoms with van der Waals surface area (Å²) in [5.74, 6) is -2.10. The van der Waals surface area contributed by atoms with Gasteiger partial charge in [0, 0.05) is 11.3 Å². The number of amides is 1. The fourth-order valence-corrected chi connectivity index (χ4v) is 4.54. The van der Waals surface area contributed by atoms with Crippen molar-refractivity contribution in [2.24, 2.45) is 0 Å².